The maximum absolute atomic E-state index is 13.7. The van der Waals surface area contributed by atoms with Crippen LogP contribution >= 0.6 is 0 Å². The Morgan fingerprint density at radius 1 is 1.00 bits per heavy atom. The van der Waals surface area contributed by atoms with Crippen molar-refractivity contribution in [3.8, 4) is 0 Å². The molecule has 6 fully saturated rings. The summed E-state index contributed by atoms with van der Waals surface area (Å²) in [5.74, 6) is 2.79. The van der Waals surface area contributed by atoms with Gasteiger partial charge in [-0.2, -0.15) is 0 Å². The summed E-state index contributed by atoms with van der Waals surface area (Å²) in [6.07, 6.45) is 9.21. The average Bonchev–Trinajstić information content (AvgIpc) is 3.08. The Morgan fingerprint density at radius 3 is 2.27 bits per heavy atom. The number of nitrogens with zero attached hydrogens (tertiary/aromatic N) is 2. The summed E-state index contributed by atoms with van der Waals surface area (Å²) < 4.78 is 5.59. The molecule has 4 saturated carbocycles. The van der Waals surface area contributed by atoms with E-state index < -0.39 is 0 Å². The molecule has 144 valence electrons. The third kappa shape index (κ3) is 2.69. The van der Waals surface area contributed by atoms with Crippen LogP contribution in [0.4, 0.5) is 0 Å². The van der Waals surface area contributed by atoms with Gasteiger partial charge in [-0.3, -0.25) is 9.59 Å². The third-order valence-corrected chi connectivity index (χ3v) is 7.84. The highest BCUT2D eigenvalue weighted by Gasteiger charge is 2.57. The van der Waals surface area contributed by atoms with Gasteiger partial charge in [-0.05, 0) is 76.0 Å². The lowest BCUT2D eigenvalue weighted by Gasteiger charge is -2.56. The van der Waals surface area contributed by atoms with Crippen LogP contribution in [-0.2, 0) is 14.3 Å². The summed E-state index contributed by atoms with van der Waals surface area (Å²) in [4.78, 5) is 30.8. The normalized spacial score (nSPS) is 44.6. The molecular formula is C21H32N2O3. The fourth-order valence-corrected chi connectivity index (χ4v) is 7.17. The Hall–Kier alpha value is -1.10. The van der Waals surface area contributed by atoms with Crippen molar-refractivity contribution in [3.63, 3.8) is 0 Å². The van der Waals surface area contributed by atoms with Crippen LogP contribution < -0.4 is 0 Å². The molecule has 2 heterocycles. The second-order valence-electron chi connectivity index (χ2n) is 9.82. The molecule has 5 nitrogen and oxygen atoms in total. The Bertz CT molecular complexity index is 569. The molecule has 2 unspecified atom stereocenters. The summed E-state index contributed by atoms with van der Waals surface area (Å²) in [5.41, 5.74) is -0.129. The highest BCUT2D eigenvalue weighted by molar-refractivity contribution is 5.91. The van der Waals surface area contributed by atoms with Gasteiger partial charge in [0.25, 0.3) is 0 Å². The number of morpholine rings is 1. The monoisotopic (exact) mass is 360 g/mol. The molecule has 6 aliphatic rings. The third-order valence-electron chi connectivity index (χ3n) is 7.84. The maximum Gasteiger partial charge on any atom is 0.245 e. The molecular weight excluding hydrogens is 328 g/mol. The van der Waals surface area contributed by atoms with Gasteiger partial charge in [0.15, 0.2) is 0 Å². The number of ether oxygens (including phenoxy) is 1. The van der Waals surface area contributed by atoms with E-state index in [2.05, 4.69) is 0 Å². The van der Waals surface area contributed by atoms with Crippen LogP contribution in [-0.4, -0.2) is 60.0 Å². The quantitative estimate of drug-likeness (QED) is 0.760. The number of rotatable bonds is 2. The number of amides is 2. The lowest BCUT2D eigenvalue weighted by atomic mass is 9.49. The predicted octanol–water partition coefficient (Wildman–Crippen LogP) is 2.44. The van der Waals surface area contributed by atoms with Gasteiger partial charge in [0.05, 0.1) is 18.1 Å². The van der Waals surface area contributed by atoms with Crippen LogP contribution in [0.25, 0.3) is 0 Å². The summed E-state index contributed by atoms with van der Waals surface area (Å²) in [5, 5.41) is 0. The number of carbonyl (C=O) groups excluding carboxylic acids is 2. The molecule has 0 aromatic rings. The summed E-state index contributed by atoms with van der Waals surface area (Å²) in [7, 11) is 0. The van der Waals surface area contributed by atoms with E-state index >= 15 is 0 Å². The van der Waals surface area contributed by atoms with Gasteiger partial charge in [-0.25, -0.2) is 0 Å². The Labute approximate surface area is 156 Å². The zero-order chi connectivity index (χ0) is 17.9. The van der Waals surface area contributed by atoms with E-state index in [0.29, 0.717) is 25.6 Å². The first-order valence-corrected chi connectivity index (χ1v) is 10.8. The Balaban J connectivity index is 1.34. The minimum absolute atomic E-state index is 0.0985. The average molecular weight is 360 g/mol. The minimum Gasteiger partial charge on any atom is -0.375 e. The van der Waals surface area contributed by atoms with E-state index in [1.165, 1.54) is 19.3 Å². The van der Waals surface area contributed by atoms with E-state index in [-0.39, 0.29) is 23.5 Å². The standard InChI is InChI=1S/C21H32N2O3/c1-14-13-22(5-6-26-14)19(24)18-3-2-4-23(18)20(25)21-10-15-7-16(11-21)9-17(8-15)12-21/h14-18H,2-13H2,1H3. The van der Waals surface area contributed by atoms with Gasteiger partial charge in [-0.1, -0.05) is 0 Å². The first-order chi connectivity index (χ1) is 12.5. The fourth-order valence-electron chi connectivity index (χ4n) is 7.17. The van der Waals surface area contributed by atoms with Crippen LogP contribution in [0.2, 0.25) is 0 Å². The molecule has 4 aliphatic carbocycles. The topological polar surface area (TPSA) is 49.9 Å². The molecule has 26 heavy (non-hydrogen) atoms. The van der Waals surface area contributed by atoms with Crippen molar-refractivity contribution < 1.29 is 14.3 Å². The Morgan fingerprint density at radius 2 is 1.65 bits per heavy atom. The molecule has 0 aromatic carbocycles. The number of hydrogen-bond donors (Lipinski definition) is 0. The van der Waals surface area contributed by atoms with Crippen molar-refractivity contribution in [3.05, 3.63) is 0 Å². The molecule has 4 bridgehead atoms. The van der Waals surface area contributed by atoms with Crippen molar-refractivity contribution in [2.24, 2.45) is 23.2 Å². The predicted molar refractivity (Wildman–Crippen MR) is 97.3 cm³/mol. The van der Waals surface area contributed by atoms with Crippen molar-refractivity contribution >= 4 is 11.8 Å². The Kier molecular flexibility index (Phi) is 4.07. The minimum atomic E-state index is -0.221. The summed E-state index contributed by atoms with van der Waals surface area (Å²) in [6, 6.07) is -0.221. The van der Waals surface area contributed by atoms with Gasteiger partial charge in [-0.15, -0.1) is 0 Å². The van der Waals surface area contributed by atoms with Crippen LogP contribution in [0, 0.1) is 23.2 Å². The number of likely N-dealkylation sites (tertiary alicyclic amines) is 1. The highest BCUT2D eigenvalue weighted by atomic mass is 16.5. The van der Waals surface area contributed by atoms with Crippen LogP contribution in [0.1, 0.15) is 58.3 Å². The van der Waals surface area contributed by atoms with Gasteiger partial charge < -0.3 is 14.5 Å². The second-order valence-corrected chi connectivity index (χ2v) is 9.82. The van der Waals surface area contributed by atoms with E-state index in [0.717, 1.165) is 56.4 Å². The lowest BCUT2D eigenvalue weighted by Crippen LogP contribution is -2.58. The highest BCUT2D eigenvalue weighted by Crippen LogP contribution is 2.60. The smallest absolute Gasteiger partial charge is 0.245 e. The van der Waals surface area contributed by atoms with E-state index in [4.69, 9.17) is 4.74 Å². The molecule has 6 rings (SSSR count). The van der Waals surface area contributed by atoms with Gasteiger partial charge >= 0.3 is 0 Å². The van der Waals surface area contributed by atoms with Crippen molar-refractivity contribution in [1.29, 1.82) is 0 Å². The largest absolute Gasteiger partial charge is 0.375 e. The lowest BCUT2D eigenvalue weighted by molar-refractivity contribution is -0.163. The summed E-state index contributed by atoms with van der Waals surface area (Å²) >= 11 is 0. The number of carbonyl (C=O) groups is 2. The molecule has 2 amide bonds. The second kappa shape index (κ2) is 6.22. The van der Waals surface area contributed by atoms with Crippen molar-refractivity contribution in [2.75, 3.05) is 26.2 Å². The summed E-state index contributed by atoms with van der Waals surface area (Å²) in [6.45, 7) is 4.74. The van der Waals surface area contributed by atoms with Crippen molar-refractivity contribution in [2.45, 2.75) is 70.4 Å². The molecule has 5 heteroatoms. The molecule has 2 saturated heterocycles. The molecule has 0 N–H and O–H groups in total. The van der Waals surface area contributed by atoms with E-state index in [9.17, 15) is 9.59 Å². The molecule has 0 aromatic heterocycles. The maximum atomic E-state index is 13.7. The first-order valence-electron chi connectivity index (χ1n) is 10.8. The first kappa shape index (κ1) is 17.0. The number of hydrogen-bond acceptors (Lipinski definition) is 3. The zero-order valence-corrected chi connectivity index (χ0v) is 16.0. The zero-order valence-electron chi connectivity index (χ0n) is 16.0. The van der Waals surface area contributed by atoms with Crippen LogP contribution in [0.5, 0.6) is 0 Å². The van der Waals surface area contributed by atoms with E-state index in [1.807, 2.05) is 16.7 Å². The molecule has 2 aliphatic heterocycles. The van der Waals surface area contributed by atoms with Gasteiger partial charge in [0.1, 0.15) is 6.04 Å². The van der Waals surface area contributed by atoms with Crippen LogP contribution in [0.15, 0.2) is 0 Å². The van der Waals surface area contributed by atoms with E-state index in [1.54, 1.807) is 0 Å². The molecule has 2 atom stereocenters. The van der Waals surface area contributed by atoms with Gasteiger partial charge in [0.2, 0.25) is 11.8 Å². The molecule has 0 radical (unpaired) electrons. The SMILES string of the molecule is CC1CN(C(=O)C2CCCN2C(=O)C23CC4CC(CC(C4)C2)C3)CCO1. The van der Waals surface area contributed by atoms with Gasteiger partial charge in [0, 0.05) is 19.6 Å². The molecule has 0 spiro atoms. The van der Waals surface area contributed by atoms with Crippen LogP contribution in [0.3, 0.4) is 0 Å². The van der Waals surface area contributed by atoms with Crippen molar-refractivity contribution in [1.82, 2.24) is 9.80 Å². The fraction of sp³-hybridized carbons (Fsp3) is 0.905.